The zero-order chi connectivity index (χ0) is 16.4. The third-order valence-electron chi connectivity index (χ3n) is 3.01. The second kappa shape index (κ2) is 5.84. The van der Waals surface area contributed by atoms with Gasteiger partial charge in [-0.1, -0.05) is 12.1 Å². The van der Waals surface area contributed by atoms with E-state index < -0.39 is 17.5 Å². The molecule has 0 saturated carbocycles. The van der Waals surface area contributed by atoms with Crippen molar-refractivity contribution in [3.8, 4) is 5.69 Å². The molecule has 2 heterocycles. The number of halogens is 2. The number of nitrogens with two attached hydrogens (primary N) is 1. The van der Waals surface area contributed by atoms with Crippen LogP contribution >= 0.6 is 0 Å². The number of hydrogen-bond donors (Lipinski definition) is 2. The van der Waals surface area contributed by atoms with E-state index in [0.29, 0.717) is 0 Å². The summed E-state index contributed by atoms with van der Waals surface area (Å²) in [5.74, 6) is -1.82. The number of amides is 1. The molecule has 0 radical (unpaired) electrons. The molecule has 2 aromatic heterocycles. The van der Waals surface area contributed by atoms with Crippen molar-refractivity contribution in [1.29, 1.82) is 0 Å². The lowest BCUT2D eigenvalue weighted by molar-refractivity contribution is 0.102. The van der Waals surface area contributed by atoms with E-state index in [9.17, 15) is 13.6 Å². The molecule has 0 bridgehead atoms. The predicted molar refractivity (Wildman–Crippen MR) is 80.1 cm³/mol. The van der Waals surface area contributed by atoms with E-state index in [1.54, 1.807) is 12.1 Å². The Morgan fingerprint density at radius 1 is 1.13 bits per heavy atom. The molecular weight excluding hydrogens is 304 g/mol. The van der Waals surface area contributed by atoms with Gasteiger partial charge in [0.05, 0.1) is 18.1 Å². The Bertz CT molecular complexity index is 858. The van der Waals surface area contributed by atoms with Crippen molar-refractivity contribution in [3.63, 3.8) is 0 Å². The van der Waals surface area contributed by atoms with Crippen LogP contribution in [0.5, 0.6) is 0 Å². The number of carbonyl (C=O) groups is 1. The van der Waals surface area contributed by atoms with Gasteiger partial charge in [-0.25, -0.2) is 18.4 Å². The third kappa shape index (κ3) is 3.00. The Labute approximate surface area is 129 Å². The molecule has 0 saturated heterocycles. The summed E-state index contributed by atoms with van der Waals surface area (Å²) >= 11 is 0. The number of pyridine rings is 1. The fourth-order valence-electron chi connectivity index (χ4n) is 1.99. The number of hydrogen-bond acceptors (Lipinski definition) is 4. The first-order valence-corrected chi connectivity index (χ1v) is 6.57. The van der Waals surface area contributed by atoms with Gasteiger partial charge < -0.3 is 11.1 Å². The second-order valence-corrected chi connectivity index (χ2v) is 4.65. The van der Waals surface area contributed by atoms with Crippen LogP contribution in [0, 0.1) is 11.6 Å². The molecule has 0 atom stereocenters. The predicted octanol–water partition coefficient (Wildman–Crippen LogP) is 2.38. The third-order valence-corrected chi connectivity index (χ3v) is 3.01. The first-order valence-electron chi connectivity index (χ1n) is 6.57. The van der Waals surface area contributed by atoms with Gasteiger partial charge in [0.2, 0.25) is 0 Å². The van der Waals surface area contributed by atoms with Gasteiger partial charge >= 0.3 is 0 Å². The normalized spacial score (nSPS) is 10.5. The number of para-hydroxylation sites is 1. The molecule has 3 aromatic rings. The minimum Gasteiger partial charge on any atom is -0.384 e. The maximum atomic E-state index is 13.7. The van der Waals surface area contributed by atoms with Crippen LogP contribution in [-0.2, 0) is 0 Å². The topological polar surface area (TPSA) is 85.8 Å². The standard InChI is InChI=1S/C15H11F2N5O/c16-10-3-1-4-11(17)14(10)22-8-9(7-19-22)20-15(23)12-5-2-6-13(18)21-12/h1-8H,(H2,18,21)(H,20,23). The monoisotopic (exact) mass is 315 g/mol. The van der Waals surface area contributed by atoms with Gasteiger partial charge in [-0.15, -0.1) is 0 Å². The highest BCUT2D eigenvalue weighted by Gasteiger charge is 2.14. The fraction of sp³-hybridized carbons (Fsp3) is 0. The number of nitrogens with one attached hydrogen (secondary N) is 1. The van der Waals surface area contributed by atoms with E-state index in [1.807, 2.05) is 0 Å². The van der Waals surface area contributed by atoms with Gasteiger partial charge in [0.15, 0.2) is 11.6 Å². The number of aromatic nitrogens is 3. The first kappa shape index (κ1) is 14.6. The molecule has 0 aliphatic carbocycles. The summed E-state index contributed by atoms with van der Waals surface area (Å²) in [7, 11) is 0. The van der Waals surface area contributed by atoms with Crippen LogP contribution in [0.2, 0.25) is 0 Å². The largest absolute Gasteiger partial charge is 0.384 e. The van der Waals surface area contributed by atoms with Crippen molar-refractivity contribution >= 4 is 17.4 Å². The second-order valence-electron chi connectivity index (χ2n) is 4.65. The minimum absolute atomic E-state index is 0.120. The summed E-state index contributed by atoms with van der Waals surface area (Å²) in [6, 6.07) is 8.13. The van der Waals surface area contributed by atoms with Crippen molar-refractivity contribution in [1.82, 2.24) is 14.8 Å². The number of rotatable bonds is 3. The van der Waals surface area contributed by atoms with Gasteiger partial charge in [0.25, 0.3) is 5.91 Å². The smallest absolute Gasteiger partial charge is 0.274 e. The molecular formula is C15H11F2N5O. The lowest BCUT2D eigenvalue weighted by Gasteiger charge is -2.04. The zero-order valence-corrected chi connectivity index (χ0v) is 11.7. The van der Waals surface area contributed by atoms with Gasteiger partial charge in [0, 0.05) is 0 Å². The number of nitrogens with zero attached hydrogens (tertiary/aromatic N) is 3. The first-order chi connectivity index (χ1) is 11.0. The van der Waals surface area contributed by atoms with E-state index in [-0.39, 0.29) is 22.9 Å². The molecule has 0 aliphatic rings. The van der Waals surface area contributed by atoms with E-state index in [0.717, 1.165) is 16.8 Å². The highest BCUT2D eigenvalue weighted by atomic mass is 19.1. The van der Waals surface area contributed by atoms with Crippen molar-refractivity contribution in [2.75, 3.05) is 11.1 Å². The average molecular weight is 315 g/mol. The molecule has 0 fully saturated rings. The van der Waals surface area contributed by atoms with Gasteiger partial charge in [-0.05, 0) is 24.3 Å². The lowest BCUT2D eigenvalue weighted by Crippen LogP contribution is -2.13. The number of benzene rings is 1. The van der Waals surface area contributed by atoms with Crippen LogP contribution in [-0.4, -0.2) is 20.7 Å². The zero-order valence-electron chi connectivity index (χ0n) is 11.7. The molecule has 0 aliphatic heterocycles. The van der Waals surface area contributed by atoms with Crippen LogP contribution in [0.3, 0.4) is 0 Å². The molecule has 1 amide bonds. The van der Waals surface area contributed by atoms with Gasteiger partial charge in [-0.2, -0.15) is 5.10 Å². The van der Waals surface area contributed by atoms with E-state index in [1.165, 1.54) is 24.5 Å². The van der Waals surface area contributed by atoms with Crippen LogP contribution in [0.25, 0.3) is 5.69 Å². The average Bonchev–Trinajstić information content (AvgIpc) is 2.95. The van der Waals surface area contributed by atoms with Crippen LogP contribution in [0.4, 0.5) is 20.3 Å². The maximum Gasteiger partial charge on any atom is 0.274 e. The van der Waals surface area contributed by atoms with Crippen molar-refractivity contribution in [3.05, 3.63) is 66.1 Å². The Morgan fingerprint density at radius 2 is 1.83 bits per heavy atom. The lowest BCUT2D eigenvalue weighted by atomic mass is 10.3. The maximum absolute atomic E-state index is 13.7. The summed E-state index contributed by atoms with van der Waals surface area (Å²) < 4.78 is 28.4. The SMILES string of the molecule is Nc1cccc(C(=O)Nc2cnn(-c3c(F)cccc3F)c2)n1. The Balaban J connectivity index is 1.84. The minimum atomic E-state index is -0.761. The number of nitrogen functional groups attached to an aromatic ring is 1. The van der Waals surface area contributed by atoms with E-state index >= 15 is 0 Å². The van der Waals surface area contributed by atoms with Crippen molar-refractivity contribution in [2.45, 2.75) is 0 Å². The van der Waals surface area contributed by atoms with Gasteiger partial charge in [0.1, 0.15) is 17.2 Å². The summed E-state index contributed by atoms with van der Waals surface area (Å²) in [6.07, 6.45) is 2.57. The summed E-state index contributed by atoms with van der Waals surface area (Å²) in [5, 5.41) is 6.38. The van der Waals surface area contributed by atoms with Crippen LogP contribution in [0.15, 0.2) is 48.8 Å². The number of anilines is 2. The van der Waals surface area contributed by atoms with Crippen molar-refractivity contribution < 1.29 is 13.6 Å². The Morgan fingerprint density at radius 3 is 2.52 bits per heavy atom. The highest BCUT2D eigenvalue weighted by molar-refractivity contribution is 6.02. The molecule has 0 unspecified atom stereocenters. The van der Waals surface area contributed by atoms with Crippen LogP contribution < -0.4 is 11.1 Å². The molecule has 1 aromatic carbocycles. The van der Waals surface area contributed by atoms with Crippen molar-refractivity contribution in [2.24, 2.45) is 0 Å². The Hall–Kier alpha value is -3.29. The Kier molecular flexibility index (Phi) is 3.71. The molecule has 6 nitrogen and oxygen atoms in total. The molecule has 3 rings (SSSR count). The molecule has 0 spiro atoms. The summed E-state index contributed by atoms with van der Waals surface area (Å²) in [6.45, 7) is 0. The summed E-state index contributed by atoms with van der Waals surface area (Å²) in [5.41, 5.74) is 5.57. The molecule has 3 N–H and O–H groups in total. The van der Waals surface area contributed by atoms with E-state index in [2.05, 4.69) is 15.4 Å². The quantitative estimate of drug-likeness (QED) is 0.777. The van der Waals surface area contributed by atoms with Gasteiger partial charge in [-0.3, -0.25) is 4.79 Å². The van der Waals surface area contributed by atoms with Crippen LogP contribution in [0.1, 0.15) is 10.5 Å². The molecule has 116 valence electrons. The fourth-order valence-corrected chi connectivity index (χ4v) is 1.99. The number of carbonyl (C=O) groups excluding carboxylic acids is 1. The van der Waals surface area contributed by atoms with E-state index in [4.69, 9.17) is 5.73 Å². The highest BCUT2D eigenvalue weighted by Crippen LogP contribution is 2.19. The summed E-state index contributed by atoms with van der Waals surface area (Å²) in [4.78, 5) is 15.9. The molecule has 23 heavy (non-hydrogen) atoms. The molecule has 8 heteroatoms.